The summed E-state index contributed by atoms with van der Waals surface area (Å²) in [4.78, 5) is 0. The van der Waals surface area contributed by atoms with Gasteiger partial charge in [0.05, 0.1) is 6.10 Å². The van der Waals surface area contributed by atoms with Crippen LogP contribution in [-0.4, -0.2) is 21.7 Å². The van der Waals surface area contributed by atoms with Crippen molar-refractivity contribution in [1.82, 2.24) is 4.57 Å². The Kier molecular flexibility index (Phi) is 3.98. The van der Waals surface area contributed by atoms with Crippen molar-refractivity contribution in [2.24, 2.45) is 5.92 Å². The van der Waals surface area contributed by atoms with E-state index in [1.165, 1.54) is 17.0 Å². The molecule has 2 nitrogen and oxygen atoms in total. The van der Waals surface area contributed by atoms with E-state index in [1.807, 2.05) is 11.8 Å². The number of aliphatic hydroxyl groups is 1. The van der Waals surface area contributed by atoms with Gasteiger partial charge >= 0.3 is 0 Å². The Labute approximate surface area is 102 Å². The molecule has 2 unspecified atom stereocenters. The second-order valence-corrected chi connectivity index (χ2v) is 5.75. The zero-order valence-corrected chi connectivity index (χ0v) is 11.0. The number of thioether (sulfide) groups is 1. The highest BCUT2D eigenvalue weighted by molar-refractivity contribution is 7.98. The number of aromatic nitrogens is 1. The van der Waals surface area contributed by atoms with Crippen LogP contribution in [0.1, 0.15) is 37.1 Å². The van der Waals surface area contributed by atoms with Crippen molar-refractivity contribution in [3.63, 3.8) is 0 Å². The van der Waals surface area contributed by atoms with Crippen LogP contribution < -0.4 is 0 Å². The fourth-order valence-corrected chi connectivity index (χ4v) is 3.25. The van der Waals surface area contributed by atoms with E-state index in [9.17, 15) is 5.11 Å². The normalized spacial score (nSPS) is 21.8. The fraction of sp³-hybridized carbons (Fsp3) is 0.692. The molecule has 0 fully saturated rings. The zero-order chi connectivity index (χ0) is 11.5. The monoisotopic (exact) mass is 239 g/mol. The van der Waals surface area contributed by atoms with Gasteiger partial charge in [0.25, 0.3) is 0 Å². The van der Waals surface area contributed by atoms with Gasteiger partial charge < -0.3 is 9.67 Å². The first-order valence-electron chi connectivity index (χ1n) is 6.07. The lowest BCUT2D eigenvalue weighted by atomic mass is 9.95. The molecule has 1 aromatic heterocycles. The maximum Gasteiger partial charge on any atom is 0.0807 e. The molecule has 0 saturated heterocycles. The Bertz CT molecular complexity index is 348. The van der Waals surface area contributed by atoms with E-state index < -0.39 is 0 Å². The Morgan fingerprint density at radius 1 is 1.62 bits per heavy atom. The average Bonchev–Trinajstić information content (AvgIpc) is 2.64. The van der Waals surface area contributed by atoms with Crippen molar-refractivity contribution in [2.45, 2.75) is 38.8 Å². The van der Waals surface area contributed by atoms with Crippen molar-refractivity contribution in [1.29, 1.82) is 0 Å². The molecule has 16 heavy (non-hydrogen) atoms. The molecule has 0 radical (unpaired) electrons. The lowest BCUT2D eigenvalue weighted by Crippen LogP contribution is -2.15. The van der Waals surface area contributed by atoms with Crippen LogP contribution in [0.5, 0.6) is 0 Å². The van der Waals surface area contributed by atoms with Crippen LogP contribution in [0.2, 0.25) is 0 Å². The molecule has 3 heteroatoms. The van der Waals surface area contributed by atoms with Gasteiger partial charge in [-0.3, -0.25) is 0 Å². The fourth-order valence-electron chi connectivity index (χ4n) is 2.58. The summed E-state index contributed by atoms with van der Waals surface area (Å²) in [5, 5.41) is 9.89. The van der Waals surface area contributed by atoms with Crippen LogP contribution in [0.4, 0.5) is 0 Å². The number of hydrogen-bond donors (Lipinski definition) is 1. The molecule has 90 valence electrons. The van der Waals surface area contributed by atoms with E-state index in [-0.39, 0.29) is 6.10 Å². The third-order valence-corrected chi connectivity index (χ3v) is 4.23. The van der Waals surface area contributed by atoms with Gasteiger partial charge in [0.1, 0.15) is 0 Å². The van der Waals surface area contributed by atoms with E-state index in [0.717, 1.165) is 25.8 Å². The maximum absolute atomic E-state index is 9.89. The van der Waals surface area contributed by atoms with E-state index in [0.29, 0.717) is 5.92 Å². The predicted octanol–water partition coefficient (Wildman–Crippen LogP) is 2.86. The minimum atomic E-state index is -0.221. The van der Waals surface area contributed by atoms with Crippen LogP contribution in [0.3, 0.4) is 0 Å². The minimum absolute atomic E-state index is 0.221. The first-order valence-corrected chi connectivity index (χ1v) is 7.46. The van der Waals surface area contributed by atoms with Gasteiger partial charge in [-0.15, -0.1) is 0 Å². The number of hydrogen-bond acceptors (Lipinski definition) is 2. The number of rotatable bonds is 4. The Morgan fingerprint density at radius 3 is 3.19 bits per heavy atom. The predicted molar refractivity (Wildman–Crippen MR) is 69.9 cm³/mol. The van der Waals surface area contributed by atoms with E-state index in [1.54, 1.807) is 0 Å². The first kappa shape index (κ1) is 12.1. The SMILES string of the molecule is CSCC(C)Cn1ccc2c1CCCC2O. The smallest absolute Gasteiger partial charge is 0.0807 e. The van der Waals surface area contributed by atoms with Gasteiger partial charge in [-0.05, 0) is 43.3 Å². The largest absolute Gasteiger partial charge is 0.388 e. The average molecular weight is 239 g/mol. The maximum atomic E-state index is 9.89. The van der Waals surface area contributed by atoms with E-state index in [4.69, 9.17) is 0 Å². The molecule has 2 atom stereocenters. The van der Waals surface area contributed by atoms with Gasteiger partial charge in [0.15, 0.2) is 0 Å². The summed E-state index contributed by atoms with van der Waals surface area (Å²) < 4.78 is 2.35. The van der Waals surface area contributed by atoms with E-state index >= 15 is 0 Å². The van der Waals surface area contributed by atoms with Crippen LogP contribution in [0, 0.1) is 5.92 Å². The Hall–Kier alpha value is -0.410. The molecule has 0 aliphatic heterocycles. The summed E-state index contributed by atoms with van der Waals surface area (Å²) in [6.07, 6.45) is 7.26. The lowest BCUT2D eigenvalue weighted by molar-refractivity contribution is 0.155. The van der Waals surface area contributed by atoms with Crippen molar-refractivity contribution < 1.29 is 5.11 Å². The molecular formula is C13H21NOS. The summed E-state index contributed by atoms with van der Waals surface area (Å²) in [6, 6.07) is 2.10. The van der Waals surface area contributed by atoms with Crippen LogP contribution in [0.25, 0.3) is 0 Å². The molecule has 2 rings (SSSR count). The van der Waals surface area contributed by atoms with Crippen molar-refractivity contribution in [2.75, 3.05) is 12.0 Å². The third-order valence-electron chi connectivity index (χ3n) is 3.32. The quantitative estimate of drug-likeness (QED) is 0.874. The molecule has 0 saturated carbocycles. The molecule has 0 amide bonds. The van der Waals surface area contributed by atoms with Crippen molar-refractivity contribution in [3.05, 3.63) is 23.5 Å². The topological polar surface area (TPSA) is 25.2 Å². The molecule has 1 heterocycles. The molecule has 1 aliphatic carbocycles. The Balaban J connectivity index is 2.11. The van der Waals surface area contributed by atoms with Crippen LogP contribution >= 0.6 is 11.8 Å². The lowest BCUT2D eigenvalue weighted by Gasteiger charge is -2.21. The highest BCUT2D eigenvalue weighted by atomic mass is 32.2. The molecule has 1 aromatic rings. The second kappa shape index (κ2) is 5.28. The van der Waals surface area contributed by atoms with Crippen LogP contribution in [0.15, 0.2) is 12.3 Å². The van der Waals surface area contributed by atoms with Crippen LogP contribution in [-0.2, 0) is 13.0 Å². The van der Waals surface area contributed by atoms with E-state index in [2.05, 4.69) is 30.0 Å². The highest BCUT2D eigenvalue weighted by Gasteiger charge is 2.21. The molecule has 0 aromatic carbocycles. The summed E-state index contributed by atoms with van der Waals surface area (Å²) in [6.45, 7) is 3.38. The number of fused-ring (bicyclic) bond motifs is 1. The summed E-state index contributed by atoms with van der Waals surface area (Å²) >= 11 is 1.91. The standard InChI is InChI=1S/C13H21NOS/c1-10(9-16-2)8-14-7-6-11-12(14)4-3-5-13(11)15/h6-7,10,13,15H,3-5,8-9H2,1-2H3. The number of nitrogens with zero attached hydrogens (tertiary/aromatic N) is 1. The molecule has 1 aliphatic rings. The summed E-state index contributed by atoms with van der Waals surface area (Å²) in [5.74, 6) is 1.90. The third kappa shape index (κ3) is 2.46. The van der Waals surface area contributed by atoms with Gasteiger partial charge in [-0.25, -0.2) is 0 Å². The van der Waals surface area contributed by atoms with Gasteiger partial charge in [0, 0.05) is 24.0 Å². The second-order valence-electron chi connectivity index (χ2n) is 4.84. The Morgan fingerprint density at radius 2 is 2.44 bits per heavy atom. The first-order chi connectivity index (χ1) is 7.72. The van der Waals surface area contributed by atoms with Gasteiger partial charge in [0.2, 0.25) is 0 Å². The molecular weight excluding hydrogens is 218 g/mol. The van der Waals surface area contributed by atoms with Gasteiger partial charge in [-0.1, -0.05) is 6.92 Å². The molecule has 0 bridgehead atoms. The van der Waals surface area contributed by atoms with Crippen molar-refractivity contribution in [3.8, 4) is 0 Å². The summed E-state index contributed by atoms with van der Waals surface area (Å²) in [7, 11) is 0. The molecule has 0 spiro atoms. The summed E-state index contributed by atoms with van der Waals surface area (Å²) in [5.41, 5.74) is 2.54. The van der Waals surface area contributed by atoms with Crippen molar-refractivity contribution >= 4 is 11.8 Å². The highest BCUT2D eigenvalue weighted by Crippen LogP contribution is 2.30. The number of aliphatic hydroxyl groups excluding tert-OH is 1. The van der Waals surface area contributed by atoms with Gasteiger partial charge in [-0.2, -0.15) is 11.8 Å². The zero-order valence-electron chi connectivity index (χ0n) is 10.1. The minimum Gasteiger partial charge on any atom is -0.388 e. The molecule has 1 N–H and O–H groups in total.